The summed E-state index contributed by atoms with van der Waals surface area (Å²) in [6, 6.07) is 27.7. The fourth-order valence-electron chi connectivity index (χ4n) is 4.85. The van der Waals surface area contributed by atoms with E-state index >= 15 is 0 Å². The number of hydrogen-bond donors (Lipinski definition) is 0. The van der Waals surface area contributed by atoms with Gasteiger partial charge in [0.1, 0.15) is 0 Å². The van der Waals surface area contributed by atoms with Crippen LogP contribution in [0.25, 0.3) is 11.3 Å². The maximum atomic E-state index is 6.66. The van der Waals surface area contributed by atoms with Gasteiger partial charge >= 0.3 is 0 Å². The summed E-state index contributed by atoms with van der Waals surface area (Å²) < 4.78 is 0. The molecule has 0 saturated heterocycles. The molecular formula is C24H15ClN2. The Morgan fingerprint density at radius 1 is 0.556 bits per heavy atom. The molecule has 3 aliphatic carbocycles. The van der Waals surface area contributed by atoms with E-state index in [1.165, 1.54) is 27.8 Å². The normalized spacial score (nSPS) is 18.6. The molecule has 0 aliphatic heterocycles. The first-order valence-electron chi connectivity index (χ1n) is 9.13. The van der Waals surface area contributed by atoms with E-state index in [1.807, 2.05) is 18.2 Å². The maximum absolute atomic E-state index is 6.66. The molecule has 7 rings (SSSR count). The highest BCUT2D eigenvalue weighted by Crippen LogP contribution is 2.58. The van der Waals surface area contributed by atoms with Gasteiger partial charge < -0.3 is 0 Å². The predicted molar refractivity (Wildman–Crippen MR) is 107 cm³/mol. The quantitative estimate of drug-likeness (QED) is 0.368. The zero-order valence-corrected chi connectivity index (χ0v) is 15.2. The first-order valence-corrected chi connectivity index (χ1v) is 9.51. The fourth-order valence-corrected chi connectivity index (χ4v) is 5.10. The number of nitrogens with zero attached hydrogens (tertiary/aromatic N) is 2. The smallest absolute Gasteiger partial charge is 0.149 e. The van der Waals surface area contributed by atoms with Gasteiger partial charge in [0.25, 0.3) is 0 Å². The molecule has 3 heteroatoms. The molecule has 0 N–H and O–H groups in total. The Balaban J connectivity index is 1.75. The molecule has 0 unspecified atom stereocenters. The molecule has 1 heterocycles. The van der Waals surface area contributed by atoms with Crippen molar-refractivity contribution in [1.29, 1.82) is 0 Å². The van der Waals surface area contributed by atoms with Crippen molar-refractivity contribution in [3.05, 3.63) is 117 Å². The Kier molecular flexibility index (Phi) is 3.09. The average molecular weight is 367 g/mol. The number of hydrogen-bond acceptors (Lipinski definition) is 2. The number of rotatable bonds is 1. The Bertz CT molecular complexity index is 1150. The second-order valence-corrected chi connectivity index (χ2v) is 7.51. The van der Waals surface area contributed by atoms with Crippen LogP contribution in [-0.4, -0.2) is 10.2 Å². The van der Waals surface area contributed by atoms with Crippen molar-refractivity contribution >= 4 is 11.6 Å². The topological polar surface area (TPSA) is 25.8 Å². The summed E-state index contributed by atoms with van der Waals surface area (Å²) in [5, 5.41) is 9.41. The van der Waals surface area contributed by atoms with Gasteiger partial charge in [-0.3, -0.25) is 0 Å². The van der Waals surface area contributed by atoms with Crippen LogP contribution in [0.5, 0.6) is 0 Å². The molecule has 0 radical (unpaired) electrons. The van der Waals surface area contributed by atoms with Crippen LogP contribution in [0.4, 0.5) is 0 Å². The van der Waals surface area contributed by atoms with E-state index in [1.54, 1.807) is 0 Å². The summed E-state index contributed by atoms with van der Waals surface area (Å²) in [6.45, 7) is 0. The summed E-state index contributed by atoms with van der Waals surface area (Å²) in [5.74, 6) is 0.253. The number of benzene rings is 3. The van der Waals surface area contributed by atoms with E-state index in [9.17, 15) is 0 Å². The molecule has 0 saturated carbocycles. The van der Waals surface area contributed by atoms with Gasteiger partial charge in [-0.25, -0.2) is 0 Å². The van der Waals surface area contributed by atoms with E-state index in [0.717, 1.165) is 16.8 Å². The average Bonchev–Trinajstić information content (AvgIpc) is 2.74. The van der Waals surface area contributed by atoms with Crippen LogP contribution in [0, 0.1) is 0 Å². The van der Waals surface area contributed by atoms with Crippen molar-refractivity contribution in [2.45, 2.75) is 11.8 Å². The molecule has 1 aromatic heterocycles. The van der Waals surface area contributed by atoms with Gasteiger partial charge in [0, 0.05) is 23.0 Å². The summed E-state index contributed by atoms with van der Waals surface area (Å²) in [7, 11) is 0. The van der Waals surface area contributed by atoms with Gasteiger partial charge in [-0.15, -0.1) is 10.2 Å². The molecule has 0 fully saturated rings. The molecule has 3 aromatic carbocycles. The third kappa shape index (κ3) is 1.96. The van der Waals surface area contributed by atoms with E-state index in [-0.39, 0.29) is 11.8 Å². The summed E-state index contributed by atoms with van der Waals surface area (Å²) >= 11 is 6.66. The molecule has 3 aliphatic rings. The number of halogens is 1. The van der Waals surface area contributed by atoms with Gasteiger partial charge in [0.15, 0.2) is 5.15 Å². The van der Waals surface area contributed by atoms with Gasteiger partial charge in [0.05, 0.1) is 5.69 Å². The molecule has 27 heavy (non-hydrogen) atoms. The highest BCUT2D eigenvalue weighted by molar-refractivity contribution is 6.30. The van der Waals surface area contributed by atoms with Crippen molar-refractivity contribution in [2.75, 3.05) is 0 Å². The van der Waals surface area contributed by atoms with Crippen molar-refractivity contribution < 1.29 is 0 Å². The van der Waals surface area contributed by atoms with E-state index in [0.29, 0.717) is 5.15 Å². The molecule has 0 atom stereocenters. The maximum Gasteiger partial charge on any atom is 0.156 e. The largest absolute Gasteiger partial charge is 0.156 e. The standard InChI is InChI=1S/C24H15ClN2/c25-24-22-20-17-12-6-4-10-15(17)19(16-11-5-7-13-18(16)20)21(22)23(26-27-24)14-8-2-1-3-9-14/h1-13,19-20H. The second kappa shape index (κ2) is 5.51. The second-order valence-electron chi connectivity index (χ2n) is 7.16. The van der Waals surface area contributed by atoms with Gasteiger partial charge in [-0.1, -0.05) is 90.5 Å². The van der Waals surface area contributed by atoms with Gasteiger partial charge in [-0.2, -0.15) is 0 Å². The lowest BCUT2D eigenvalue weighted by molar-refractivity contribution is 0.737. The predicted octanol–water partition coefficient (Wildman–Crippen LogP) is 5.78. The first-order chi connectivity index (χ1) is 13.3. The lowest BCUT2D eigenvalue weighted by Crippen LogP contribution is -2.29. The molecule has 2 nitrogen and oxygen atoms in total. The fraction of sp³-hybridized carbons (Fsp3) is 0.0833. The molecule has 4 aromatic rings. The molecule has 2 bridgehead atoms. The van der Waals surface area contributed by atoms with Crippen molar-refractivity contribution in [3.63, 3.8) is 0 Å². The Morgan fingerprint density at radius 3 is 1.59 bits per heavy atom. The zero-order chi connectivity index (χ0) is 18.0. The summed E-state index contributed by atoms with van der Waals surface area (Å²) in [5.41, 5.74) is 9.74. The number of aromatic nitrogens is 2. The van der Waals surface area contributed by atoms with Crippen molar-refractivity contribution in [3.8, 4) is 11.3 Å². The molecule has 0 spiro atoms. The Morgan fingerprint density at radius 2 is 1.04 bits per heavy atom. The van der Waals surface area contributed by atoms with Crippen LogP contribution in [0.1, 0.15) is 45.2 Å². The van der Waals surface area contributed by atoms with E-state index < -0.39 is 0 Å². The summed E-state index contributed by atoms with van der Waals surface area (Å²) in [6.07, 6.45) is 0. The monoisotopic (exact) mass is 366 g/mol. The molecule has 128 valence electrons. The van der Waals surface area contributed by atoms with Crippen LogP contribution in [0.2, 0.25) is 5.15 Å². The Labute approximate surface area is 162 Å². The van der Waals surface area contributed by atoms with Gasteiger partial charge in [-0.05, 0) is 27.8 Å². The van der Waals surface area contributed by atoms with Crippen LogP contribution in [0.15, 0.2) is 78.9 Å². The summed E-state index contributed by atoms with van der Waals surface area (Å²) in [4.78, 5) is 0. The SMILES string of the molecule is Clc1nnc(-c2ccccc2)c2c1C1c3ccccc3C2c2ccccc21. The third-order valence-electron chi connectivity index (χ3n) is 5.87. The van der Waals surface area contributed by atoms with Crippen LogP contribution in [0.3, 0.4) is 0 Å². The van der Waals surface area contributed by atoms with Crippen molar-refractivity contribution in [2.24, 2.45) is 0 Å². The van der Waals surface area contributed by atoms with Gasteiger partial charge in [0.2, 0.25) is 0 Å². The van der Waals surface area contributed by atoms with Crippen molar-refractivity contribution in [1.82, 2.24) is 10.2 Å². The highest BCUT2D eigenvalue weighted by Gasteiger charge is 2.44. The van der Waals surface area contributed by atoms with Crippen LogP contribution in [-0.2, 0) is 0 Å². The molecular weight excluding hydrogens is 352 g/mol. The molecule has 0 amide bonds. The minimum Gasteiger partial charge on any atom is -0.149 e. The van der Waals surface area contributed by atoms with Crippen LogP contribution < -0.4 is 0 Å². The minimum absolute atomic E-state index is 0.114. The highest BCUT2D eigenvalue weighted by atomic mass is 35.5. The Hall–Kier alpha value is -2.97. The minimum atomic E-state index is 0.114. The lowest BCUT2D eigenvalue weighted by atomic mass is 9.61. The third-order valence-corrected chi connectivity index (χ3v) is 6.15. The van der Waals surface area contributed by atoms with Crippen LogP contribution >= 0.6 is 11.6 Å². The lowest BCUT2D eigenvalue weighted by Gasteiger charge is -2.42. The zero-order valence-electron chi connectivity index (χ0n) is 14.4. The van der Waals surface area contributed by atoms with E-state index in [2.05, 4.69) is 70.9 Å². The van der Waals surface area contributed by atoms with E-state index in [4.69, 9.17) is 11.6 Å². The first kappa shape index (κ1) is 15.1.